The molecule has 180 valence electrons. The van der Waals surface area contributed by atoms with Crippen molar-refractivity contribution >= 4 is 17.3 Å². The summed E-state index contributed by atoms with van der Waals surface area (Å²) in [5.41, 5.74) is 2.23. The Morgan fingerprint density at radius 2 is 1.67 bits per heavy atom. The van der Waals surface area contributed by atoms with E-state index in [1.807, 2.05) is 24.3 Å². The molecular formula is C27H39N3O3. The quantitative estimate of drug-likeness (QED) is 0.446. The van der Waals surface area contributed by atoms with Gasteiger partial charge in [0.15, 0.2) is 0 Å². The molecule has 3 rings (SSSR count). The maximum Gasteiger partial charge on any atom is 0.263 e. The number of carbonyl (C=O) groups is 1. The lowest BCUT2D eigenvalue weighted by Gasteiger charge is -2.34. The molecule has 2 aromatic rings. The lowest BCUT2D eigenvalue weighted by molar-refractivity contribution is 0.102. The zero-order chi connectivity index (χ0) is 24.0. The van der Waals surface area contributed by atoms with Crippen LogP contribution < -0.4 is 10.2 Å². The smallest absolute Gasteiger partial charge is 0.263 e. The summed E-state index contributed by atoms with van der Waals surface area (Å²) in [6.45, 7) is 10.3. The van der Waals surface area contributed by atoms with E-state index < -0.39 is 5.91 Å². The lowest BCUT2D eigenvalue weighted by atomic mass is 9.79. The van der Waals surface area contributed by atoms with Crippen LogP contribution in [0.1, 0.15) is 68.8 Å². The molecule has 1 saturated heterocycles. The maximum absolute atomic E-state index is 12.9. The van der Waals surface area contributed by atoms with Gasteiger partial charge >= 0.3 is 0 Å². The zero-order valence-electron chi connectivity index (χ0n) is 20.5. The van der Waals surface area contributed by atoms with E-state index in [-0.39, 0.29) is 22.5 Å². The van der Waals surface area contributed by atoms with Crippen molar-refractivity contribution in [1.82, 2.24) is 4.90 Å². The number of piperazine rings is 1. The van der Waals surface area contributed by atoms with Crippen molar-refractivity contribution < 1.29 is 15.0 Å². The number of phenols is 2. The number of nitrogens with zero attached hydrogens (tertiary/aromatic N) is 2. The van der Waals surface area contributed by atoms with Crippen molar-refractivity contribution in [3.63, 3.8) is 0 Å². The molecular weight excluding hydrogens is 414 g/mol. The molecule has 1 fully saturated rings. The number of phenolic OH excluding ortho intramolecular Hbond substituents is 2. The molecule has 0 saturated carbocycles. The summed E-state index contributed by atoms with van der Waals surface area (Å²) in [4.78, 5) is 17.5. The second kappa shape index (κ2) is 10.9. The minimum atomic E-state index is -0.521. The SMILES string of the molecule is CCCCCCC(C)(C)c1cc(O)c(C(=O)Nc2cccc(N3CCN(C)CC3)c2)c(O)c1. The van der Waals surface area contributed by atoms with Crippen molar-refractivity contribution in [3.8, 4) is 11.5 Å². The summed E-state index contributed by atoms with van der Waals surface area (Å²) in [5.74, 6) is -0.911. The highest BCUT2D eigenvalue weighted by atomic mass is 16.3. The van der Waals surface area contributed by atoms with Crippen LogP contribution in [0.4, 0.5) is 11.4 Å². The summed E-state index contributed by atoms with van der Waals surface area (Å²) >= 11 is 0. The van der Waals surface area contributed by atoms with Gasteiger partial charge in [0.2, 0.25) is 0 Å². The van der Waals surface area contributed by atoms with Crippen LogP contribution in [0, 0.1) is 0 Å². The first-order valence-corrected chi connectivity index (χ1v) is 12.1. The number of aromatic hydroxyl groups is 2. The summed E-state index contributed by atoms with van der Waals surface area (Å²) in [6.07, 6.45) is 5.61. The van der Waals surface area contributed by atoms with Gasteiger partial charge in [-0.05, 0) is 54.8 Å². The van der Waals surface area contributed by atoms with E-state index in [0.717, 1.165) is 50.3 Å². The number of rotatable bonds is 9. The molecule has 33 heavy (non-hydrogen) atoms. The predicted molar refractivity (Wildman–Crippen MR) is 136 cm³/mol. The number of amides is 1. The van der Waals surface area contributed by atoms with E-state index in [1.165, 1.54) is 19.3 Å². The summed E-state index contributed by atoms with van der Waals surface area (Å²) in [7, 11) is 2.12. The maximum atomic E-state index is 12.9. The van der Waals surface area contributed by atoms with Gasteiger partial charge in [-0.15, -0.1) is 0 Å². The Morgan fingerprint density at radius 3 is 2.30 bits per heavy atom. The molecule has 0 unspecified atom stereocenters. The van der Waals surface area contributed by atoms with E-state index in [0.29, 0.717) is 5.69 Å². The molecule has 1 heterocycles. The Morgan fingerprint density at radius 1 is 1.00 bits per heavy atom. The van der Waals surface area contributed by atoms with Gasteiger partial charge in [0.1, 0.15) is 17.1 Å². The first-order chi connectivity index (χ1) is 15.7. The van der Waals surface area contributed by atoms with Crippen LogP contribution in [0.25, 0.3) is 0 Å². The van der Waals surface area contributed by atoms with Gasteiger partial charge in [0.25, 0.3) is 5.91 Å². The molecule has 0 radical (unpaired) electrons. The van der Waals surface area contributed by atoms with E-state index in [2.05, 4.69) is 42.9 Å². The summed E-state index contributed by atoms with van der Waals surface area (Å²) < 4.78 is 0. The average Bonchev–Trinajstić information content (AvgIpc) is 2.77. The molecule has 0 aromatic heterocycles. The van der Waals surface area contributed by atoms with Crippen LogP contribution in [0.2, 0.25) is 0 Å². The number of anilines is 2. The van der Waals surface area contributed by atoms with Gasteiger partial charge in [-0.25, -0.2) is 0 Å². The molecule has 0 aliphatic carbocycles. The highest BCUT2D eigenvalue weighted by Crippen LogP contribution is 2.37. The molecule has 1 aliphatic rings. The number of likely N-dealkylation sites (N-methyl/N-ethyl adjacent to an activating group) is 1. The minimum Gasteiger partial charge on any atom is -0.507 e. The fourth-order valence-electron chi connectivity index (χ4n) is 4.41. The standard InChI is InChI=1S/C27H39N3O3/c1-5-6-7-8-12-27(2,3)20-17-23(31)25(24(32)18-20)26(33)28-21-10-9-11-22(19-21)30-15-13-29(4)14-16-30/h9-11,17-19,31-32H,5-8,12-16H2,1-4H3,(H,28,33). The van der Waals surface area contributed by atoms with E-state index in [4.69, 9.17) is 0 Å². The van der Waals surface area contributed by atoms with Crippen LogP contribution in [0.5, 0.6) is 11.5 Å². The topological polar surface area (TPSA) is 76.0 Å². The second-order valence-electron chi connectivity index (χ2n) is 9.88. The number of unbranched alkanes of at least 4 members (excludes halogenated alkanes) is 3. The van der Waals surface area contributed by atoms with Crippen molar-refractivity contribution in [2.24, 2.45) is 0 Å². The molecule has 1 amide bonds. The van der Waals surface area contributed by atoms with E-state index in [1.54, 1.807) is 12.1 Å². The molecule has 0 bridgehead atoms. The number of hydrogen-bond acceptors (Lipinski definition) is 5. The van der Waals surface area contributed by atoms with Crippen molar-refractivity contribution in [2.75, 3.05) is 43.4 Å². The fourth-order valence-corrected chi connectivity index (χ4v) is 4.41. The third-order valence-electron chi connectivity index (χ3n) is 6.73. The zero-order valence-corrected chi connectivity index (χ0v) is 20.5. The minimum absolute atomic E-state index is 0.0921. The Balaban J connectivity index is 1.72. The first kappa shape index (κ1) is 24.9. The first-order valence-electron chi connectivity index (χ1n) is 12.1. The Bertz CT molecular complexity index is 926. The lowest BCUT2D eigenvalue weighted by Crippen LogP contribution is -2.44. The Kier molecular flexibility index (Phi) is 8.25. The number of benzene rings is 2. The summed E-state index contributed by atoms with van der Waals surface area (Å²) in [5, 5.41) is 24.1. The molecule has 6 nitrogen and oxygen atoms in total. The molecule has 3 N–H and O–H groups in total. The molecule has 0 atom stereocenters. The highest BCUT2D eigenvalue weighted by molar-refractivity contribution is 6.08. The van der Waals surface area contributed by atoms with Crippen LogP contribution in [0.3, 0.4) is 0 Å². The predicted octanol–water partition coefficient (Wildman–Crippen LogP) is 5.35. The van der Waals surface area contributed by atoms with Gasteiger partial charge in [0.05, 0.1) is 0 Å². The van der Waals surface area contributed by atoms with Crippen molar-refractivity contribution in [2.45, 2.75) is 58.3 Å². The fraction of sp³-hybridized carbons (Fsp3) is 0.519. The third-order valence-corrected chi connectivity index (χ3v) is 6.73. The van der Waals surface area contributed by atoms with Crippen LogP contribution >= 0.6 is 0 Å². The molecule has 0 spiro atoms. The van der Waals surface area contributed by atoms with Crippen LogP contribution in [-0.4, -0.2) is 54.2 Å². The van der Waals surface area contributed by atoms with Crippen molar-refractivity contribution in [1.29, 1.82) is 0 Å². The second-order valence-corrected chi connectivity index (χ2v) is 9.88. The monoisotopic (exact) mass is 453 g/mol. The molecule has 6 heteroatoms. The summed E-state index contributed by atoms with van der Waals surface area (Å²) in [6, 6.07) is 10.9. The molecule has 2 aromatic carbocycles. The number of hydrogen-bond donors (Lipinski definition) is 3. The van der Waals surface area contributed by atoms with Crippen molar-refractivity contribution in [3.05, 3.63) is 47.5 Å². The van der Waals surface area contributed by atoms with E-state index >= 15 is 0 Å². The van der Waals surface area contributed by atoms with Crippen LogP contribution in [-0.2, 0) is 5.41 Å². The highest BCUT2D eigenvalue weighted by Gasteiger charge is 2.25. The van der Waals surface area contributed by atoms with Gasteiger partial charge in [0, 0.05) is 37.6 Å². The normalized spacial score (nSPS) is 15.0. The van der Waals surface area contributed by atoms with Gasteiger partial charge in [-0.3, -0.25) is 4.79 Å². The van der Waals surface area contributed by atoms with Gasteiger partial charge in [-0.1, -0.05) is 52.5 Å². The Hall–Kier alpha value is -2.73. The third kappa shape index (κ3) is 6.41. The largest absolute Gasteiger partial charge is 0.507 e. The number of carbonyl (C=O) groups excluding carboxylic acids is 1. The Labute approximate surface area is 198 Å². The van der Waals surface area contributed by atoms with Gasteiger partial charge in [-0.2, -0.15) is 0 Å². The van der Waals surface area contributed by atoms with Crippen LogP contribution in [0.15, 0.2) is 36.4 Å². The van der Waals surface area contributed by atoms with E-state index in [9.17, 15) is 15.0 Å². The van der Waals surface area contributed by atoms with Gasteiger partial charge < -0.3 is 25.3 Å². The number of nitrogens with one attached hydrogen (secondary N) is 1. The average molecular weight is 454 g/mol. The molecule has 1 aliphatic heterocycles.